The monoisotopic (exact) mass is 292 g/mol. The Morgan fingerprint density at radius 3 is 2.73 bits per heavy atom. The first-order chi connectivity index (χ1) is 10.8. The van der Waals surface area contributed by atoms with E-state index in [0.717, 1.165) is 16.9 Å². The highest BCUT2D eigenvalue weighted by atomic mass is 16.5. The molecule has 0 saturated carbocycles. The average Bonchev–Trinajstić information content (AvgIpc) is 3.05. The summed E-state index contributed by atoms with van der Waals surface area (Å²) in [5, 5.41) is 11.7. The van der Waals surface area contributed by atoms with Crippen molar-refractivity contribution >= 4 is 6.21 Å². The van der Waals surface area contributed by atoms with Gasteiger partial charge in [0.15, 0.2) is 0 Å². The summed E-state index contributed by atoms with van der Waals surface area (Å²) >= 11 is 0. The maximum Gasteiger partial charge on any atom is 0.141 e. The number of ether oxygens (including phenoxy) is 1. The van der Waals surface area contributed by atoms with Crippen molar-refractivity contribution < 1.29 is 4.74 Å². The zero-order valence-corrected chi connectivity index (χ0v) is 12.3. The summed E-state index contributed by atoms with van der Waals surface area (Å²) < 4.78 is 7.46. The zero-order valence-electron chi connectivity index (χ0n) is 12.3. The molecule has 0 aliphatic carbocycles. The number of aromatic nitrogens is 3. The summed E-state index contributed by atoms with van der Waals surface area (Å²) in [5.74, 6) is 0.792. The molecule has 3 rings (SSSR count). The maximum absolute atomic E-state index is 5.92. The van der Waals surface area contributed by atoms with Crippen molar-refractivity contribution in [3.63, 3.8) is 0 Å². The smallest absolute Gasteiger partial charge is 0.141 e. The van der Waals surface area contributed by atoms with Gasteiger partial charge in [0.05, 0.1) is 6.21 Å². The fraction of sp³-hybridized carbons (Fsp3) is 0.118. The summed E-state index contributed by atoms with van der Waals surface area (Å²) in [6.45, 7) is 2.60. The third-order valence-electron chi connectivity index (χ3n) is 3.13. The highest BCUT2D eigenvalue weighted by Crippen LogP contribution is 2.18. The van der Waals surface area contributed by atoms with Crippen molar-refractivity contribution in [1.29, 1.82) is 0 Å². The highest BCUT2D eigenvalue weighted by Gasteiger charge is 2.02. The largest absolute Gasteiger partial charge is 0.488 e. The van der Waals surface area contributed by atoms with E-state index in [9.17, 15) is 0 Å². The number of hydrogen-bond acceptors (Lipinski definition) is 4. The second kappa shape index (κ2) is 6.67. The van der Waals surface area contributed by atoms with Gasteiger partial charge in [-0.15, -0.1) is 10.2 Å². The third kappa shape index (κ3) is 3.58. The van der Waals surface area contributed by atoms with Gasteiger partial charge in [-0.25, -0.2) is 4.68 Å². The molecule has 0 atom stereocenters. The van der Waals surface area contributed by atoms with Gasteiger partial charge in [0.2, 0.25) is 0 Å². The number of para-hydroxylation sites is 1. The van der Waals surface area contributed by atoms with Crippen molar-refractivity contribution in [2.24, 2.45) is 5.10 Å². The molecule has 0 radical (unpaired) electrons. The van der Waals surface area contributed by atoms with Crippen LogP contribution in [0.4, 0.5) is 0 Å². The molecule has 5 nitrogen and oxygen atoms in total. The van der Waals surface area contributed by atoms with Crippen LogP contribution in [0.25, 0.3) is 0 Å². The van der Waals surface area contributed by atoms with Gasteiger partial charge in [-0.2, -0.15) is 5.10 Å². The van der Waals surface area contributed by atoms with E-state index in [1.54, 1.807) is 6.21 Å². The van der Waals surface area contributed by atoms with Gasteiger partial charge < -0.3 is 4.74 Å². The lowest BCUT2D eigenvalue weighted by Gasteiger charge is -2.09. The third-order valence-corrected chi connectivity index (χ3v) is 3.13. The van der Waals surface area contributed by atoms with Crippen molar-refractivity contribution in [3.8, 4) is 5.75 Å². The Bertz CT molecular complexity index is 766. The SMILES string of the molecule is Cc1cccc(COc2ccccc2/C=N/n2cnnc2)c1. The van der Waals surface area contributed by atoms with Gasteiger partial charge >= 0.3 is 0 Å². The number of aryl methyl sites for hydroxylation is 1. The number of benzene rings is 2. The molecule has 0 spiro atoms. The molecule has 0 N–H and O–H groups in total. The molecule has 22 heavy (non-hydrogen) atoms. The van der Waals surface area contributed by atoms with Crippen LogP contribution >= 0.6 is 0 Å². The minimum absolute atomic E-state index is 0.527. The van der Waals surface area contributed by atoms with Crippen LogP contribution in [0.3, 0.4) is 0 Å². The molecule has 0 unspecified atom stereocenters. The Kier molecular flexibility index (Phi) is 4.25. The molecule has 2 aromatic carbocycles. The molecule has 1 aromatic heterocycles. The molecular formula is C17H16N4O. The average molecular weight is 292 g/mol. The van der Waals surface area contributed by atoms with Crippen molar-refractivity contribution in [2.75, 3.05) is 0 Å². The first kappa shape index (κ1) is 14.0. The van der Waals surface area contributed by atoms with Crippen LogP contribution in [0.15, 0.2) is 66.3 Å². The minimum Gasteiger partial charge on any atom is -0.488 e. The zero-order chi connectivity index (χ0) is 15.2. The lowest BCUT2D eigenvalue weighted by Crippen LogP contribution is -1.99. The van der Waals surface area contributed by atoms with Crippen LogP contribution in [-0.2, 0) is 6.61 Å². The van der Waals surface area contributed by atoms with Crippen molar-refractivity contribution in [1.82, 2.24) is 14.9 Å². The Hall–Kier alpha value is -2.95. The summed E-state index contributed by atoms with van der Waals surface area (Å²) in [5.41, 5.74) is 3.28. The summed E-state index contributed by atoms with van der Waals surface area (Å²) in [4.78, 5) is 0. The van der Waals surface area contributed by atoms with E-state index in [4.69, 9.17) is 4.74 Å². The normalized spacial score (nSPS) is 11.0. The van der Waals surface area contributed by atoms with Gasteiger partial charge in [-0.1, -0.05) is 42.0 Å². The van der Waals surface area contributed by atoms with E-state index >= 15 is 0 Å². The lowest BCUT2D eigenvalue weighted by molar-refractivity contribution is 0.305. The van der Waals surface area contributed by atoms with Crippen LogP contribution in [0.5, 0.6) is 5.75 Å². The minimum atomic E-state index is 0.527. The second-order valence-electron chi connectivity index (χ2n) is 4.90. The molecule has 3 aromatic rings. The van der Waals surface area contributed by atoms with E-state index in [0.29, 0.717) is 6.61 Å². The molecule has 110 valence electrons. The summed E-state index contributed by atoms with van der Waals surface area (Å²) in [6.07, 6.45) is 4.80. The molecule has 0 amide bonds. The Morgan fingerprint density at radius 1 is 1.09 bits per heavy atom. The van der Waals surface area contributed by atoms with Crippen LogP contribution in [0.2, 0.25) is 0 Å². The molecule has 1 heterocycles. The van der Waals surface area contributed by atoms with E-state index < -0.39 is 0 Å². The van der Waals surface area contributed by atoms with Crippen LogP contribution in [0.1, 0.15) is 16.7 Å². The number of hydrogen-bond donors (Lipinski definition) is 0. The van der Waals surface area contributed by atoms with Gasteiger partial charge in [-0.05, 0) is 24.6 Å². The van der Waals surface area contributed by atoms with E-state index in [1.807, 2.05) is 30.3 Å². The number of rotatable bonds is 5. The fourth-order valence-electron chi connectivity index (χ4n) is 2.07. The maximum atomic E-state index is 5.92. The quantitative estimate of drug-likeness (QED) is 0.679. The summed E-state index contributed by atoms with van der Waals surface area (Å²) in [6, 6.07) is 16.1. The molecule has 0 bridgehead atoms. The van der Waals surface area contributed by atoms with Crippen LogP contribution in [-0.4, -0.2) is 21.1 Å². The lowest BCUT2D eigenvalue weighted by atomic mass is 10.1. The van der Waals surface area contributed by atoms with Gasteiger partial charge in [0, 0.05) is 5.56 Å². The Morgan fingerprint density at radius 2 is 1.91 bits per heavy atom. The van der Waals surface area contributed by atoms with E-state index in [1.165, 1.54) is 22.9 Å². The molecule has 0 aliphatic rings. The molecule has 0 fully saturated rings. The Labute approximate surface area is 128 Å². The van der Waals surface area contributed by atoms with Crippen molar-refractivity contribution in [3.05, 3.63) is 77.9 Å². The Balaban J connectivity index is 1.74. The predicted octanol–water partition coefficient (Wildman–Crippen LogP) is 3.05. The van der Waals surface area contributed by atoms with E-state index in [2.05, 4.69) is 40.4 Å². The second-order valence-corrected chi connectivity index (χ2v) is 4.90. The number of nitrogens with zero attached hydrogens (tertiary/aromatic N) is 4. The molecular weight excluding hydrogens is 276 g/mol. The van der Waals surface area contributed by atoms with Crippen molar-refractivity contribution in [2.45, 2.75) is 13.5 Å². The van der Waals surface area contributed by atoms with Crippen LogP contribution < -0.4 is 4.74 Å². The fourth-order valence-corrected chi connectivity index (χ4v) is 2.07. The van der Waals surface area contributed by atoms with Gasteiger partial charge in [0.1, 0.15) is 25.0 Å². The van der Waals surface area contributed by atoms with Crippen LogP contribution in [0, 0.1) is 6.92 Å². The van der Waals surface area contributed by atoms with E-state index in [-0.39, 0.29) is 0 Å². The first-order valence-corrected chi connectivity index (χ1v) is 6.97. The first-order valence-electron chi connectivity index (χ1n) is 6.97. The predicted molar refractivity (Wildman–Crippen MR) is 85.0 cm³/mol. The summed E-state index contributed by atoms with van der Waals surface area (Å²) in [7, 11) is 0. The molecule has 0 aliphatic heterocycles. The highest BCUT2D eigenvalue weighted by molar-refractivity contribution is 5.83. The molecule has 5 heteroatoms. The molecule has 0 saturated heterocycles. The van der Waals surface area contributed by atoms with Gasteiger partial charge in [-0.3, -0.25) is 0 Å². The topological polar surface area (TPSA) is 52.3 Å². The van der Waals surface area contributed by atoms with Gasteiger partial charge in [0.25, 0.3) is 0 Å². The standard InChI is InChI=1S/C17H16N4O/c1-14-5-4-6-15(9-14)11-22-17-8-3-2-7-16(17)10-20-21-12-18-19-13-21/h2-10,12-13H,11H2,1H3/b20-10+.